The topological polar surface area (TPSA) is 38.5 Å². The maximum Gasteiger partial charge on any atom is 0.137 e. The van der Waals surface area contributed by atoms with E-state index in [0.29, 0.717) is 11.5 Å². The standard InChI is InChI=1S/C40H28N5O.Pt/c1-42-26-44(25-39(42)27-11-4-3-5-12-27)28-13-10-14-29(21-28)46-30-19-20-33-31-15-7-9-18-36(31)45(38(33)22-30)40-23-37-34(24-41-40)32-16-6-8-17-35(32)43(37)2;/h3-20,23-26H,1-2H3;/q-3;. The summed E-state index contributed by atoms with van der Waals surface area (Å²) in [6, 6.07) is 46.5. The summed E-state index contributed by atoms with van der Waals surface area (Å²) in [6.45, 7) is 2.05. The minimum absolute atomic E-state index is 0. The Morgan fingerprint density at radius 1 is 0.660 bits per heavy atom. The molecule has 0 aliphatic carbocycles. The monoisotopic (exact) mass is 789 g/mol. The number of aromatic nitrogens is 3. The van der Waals surface area contributed by atoms with Crippen LogP contribution in [0.1, 0.15) is 5.56 Å². The number of fused-ring (bicyclic) bond motifs is 6. The molecule has 47 heavy (non-hydrogen) atoms. The first-order chi connectivity index (χ1) is 22.6. The molecule has 0 fully saturated rings. The van der Waals surface area contributed by atoms with Gasteiger partial charge in [0.25, 0.3) is 0 Å². The van der Waals surface area contributed by atoms with E-state index in [4.69, 9.17) is 9.72 Å². The number of pyridine rings is 1. The second-order valence-electron chi connectivity index (χ2n) is 11.6. The van der Waals surface area contributed by atoms with Gasteiger partial charge in [-0.25, -0.2) is 4.98 Å². The van der Waals surface area contributed by atoms with Crippen molar-refractivity contribution < 1.29 is 25.8 Å². The van der Waals surface area contributed by atoms with E-state index in [1.165, 1.54) is 10.9 Å². The molecule has 7 heteroatoms. The average Bonchev–Trinajstić information content (AvgIpc) is 3.74. The van der Waals surface area contributed by atoms with E-state index >= 15 is 0 Å². The van der Waals surface area contributed by atoms with Crippen LogP contribution in [-0.4, -0.2) is 26.1 Å². The van der Waals surface area contributed by atoms with Gasteiger partial charge in [0.1, 0.15) is 5.82 Å². The number of para-hydroxylation sites is 2. The Morgan fingerprint density at radius 2 is 1.38 bits per heavy atom. The smallest absolute Gasteiger partial charge is 0.137 e. The number of benzene rings is 5. The predicted octanol–water partition coefficient (Wildman–Crippen LogP) is 9.08. The number of anilines is 1. The molecule has 232 valence electrons. The van der Waals surface area contributed by atoms with Crippen molar-refractivity contribution in [3.8, 4) is 17.3 Å². The van der Waals surface area contributed by atoms with Crippen molar-refractivity contribution in [1.82, 2.24) is 19.0 Å². The second-order valence-corrected chi connectivity index (χ2v) is 11.6. The Balaban J connectivity index is 0.00000324. The Bertz CT molecular complexity index is 2480. The summed E-state index contributed by atoms with van der Waals surface area (Å²) in [5, 5.41) is 4.57. The van der Waals surface area contributed by atoms with Crippen molar-refractivity contribution in [2.45, 2.75) is 0 Å². The Hall–Kier alpha value is -5.32. The molecule has 0 bridgehead atoms. The summed E-state index contributed by atoms with van der Waals surface area (Å²) in [5.41, 5.74) is 7.45. The van der Waals surface area contributed by atoms with Gasteiger partial charge in [-0.3, -0.25) is 0 Å². The molecule has 4 heterocycles. The molecular weight excluding hydrogens is 762 g/mol. The maximum absolute atomic E-state index is 6.42. The molecule has 0 spiro atoms. The zero-order valence-corrected chi connectivity index (χ0v) is 27.9. The van der Waals surface area contributed by atoms with Crippen LogP contribution >= 0.6 is 0 Å². The fourth-order valence-corrected chi connectivity index (χ4v) is 6.63. The van der Waals surface area contributed by atoms with Crippen LogP contribution in [0.4, 0.5) is 5.69 Å². The minimum Gasteiger partial charge on any atom is -0.509 e. The van der Waals surface area contributed by atoms with Crippen LogP contribution in [0.25, 0.3) is 55.1 Å². The van der Waals surface area contributed by atoms with Crippen LogP contribution in [0.3, 0.4) is 0 Å². The molecule has 9 rings (SSSR count). The van der Waals surface area contributed by atoms with Gasteiger partial charge in [0, 0.05) is 79.4 Å². The van der Waals surface area contributed by atoms with Gasteiger partial charge in [0.05, 0.1) is 5.52 Å². The van der Waals surface area contributed by atoms with E-state index in [9.17, 15) is 0 Å². The SMILES string of the molecule is CN1[CH-]N(c2[c-]c(Oc3[c-]c4c(cc3)c3ccccc3n4-c3cc4c(cn3)c3ccccc3n4C)ccc2)C=C1c1ccccc1.[Pt]. The molecule has 6 nitrogen and oxygen atoms in total. The van der Waals surface area contributed by atoms with Crippen molar-refractivity contribution in [3.63, 3.8) is 0 Å². The van der Waals surface area contributed by atoms with Crippen molar-refractivity contribution in [2.24, 2.45) is 7.05 Å². The van der Waals surface area contributed by atoms with Gasteiger partial charge in [-0.2, -0.15) is 18.8 Å². The molecule has 0 amide bonds. The molecule has 0 saturated heterocycles. The number of aryl methyl sites for hydroxylation is 1. The third-order valence-corrected chi connectivity index (χ3v) is 8.83. The second kappa shape index (κ2) is 11.5. The first-order valence-electron chi connectivity index (χ1n) is 15.2. The van der Waals surface area contributed by atoms with Gasteiger partial charge in [-0.1, -0.05) is 72.2 Å². The third-order valence-electron chi connectivity index (χ3n) is 8.83. The van der Waals surface area contributed by atoms with Crippen molar-refractivity contribution >= 4 is 55.0 Å². The summed E-state index contributed by atoms with van der Waals surface area (Å²) in [5.74, 6) is 2.06. The summed E-state index contributed by atoms with van der Waals surface area (Å²) in [4.78, 5) is 9.16. The predicted molar refractivity (Wildman–Crippen MR) is 186 cm³/mol. The molecule has 0 radical (unpaired) electrons. The van der Waals surface area contributed by atoms with E-state index in [-0.39, 0.29) is 21.1 Å². The molecule has 8 aromatic rings. The summed E-state index contributed by atoms with van der Waals surface area (Å²) < 4.78 is 10.8. The molecule has 3 aromatic heterocycles. The number of nitrogens with zero attached hydrogens (tertiary/aromatic N) is 5. The number of rotatable bonds is 5. The van der Waals surface area contributed by atoms with Crippen LogP contribution in [0.15, 0.2) is 128 Å². The van der Waals surface area contributed by atoms with Gasteiger partial charge in [0.2, 0.25) is 0 Å². The first-order valence-corrected chi connectivity index (χ1v) is 15.2. The summed E-state index contributed by atoms with van der Waals surface area (Å²) >= 11 is 0. The Kier molecular flexibility index (Phi) is 7.11. The molecular formula is C40H28N5OPt-3. The van der Waals surface area contributed by atoms with E-state index in [2.05, 4.69) is 136 Å². The van der Waals surface area contributed by atoms with E-state index in [0.717, 1.165) is 55.5 Å². The molecule has 1 aliphatic heterocycles. The van der Waals surface area contributed by atoms with Crippen LogP contribution < -0.4 is 9.64 Å². The first kappa shape index (κ1) is 29.1. The van der Waals surface area contributed by atoms with E-state index < -0.39 is 0 Å². The Labute approximate surface area is 287 Å². The molecule has 0 atom stereocenters. The maximum atomic E-state index is 6.42. The minimum atomic E-state index is 0. The quantitative estimate of drug-likeness (QED) is 0.163. The van der Waals surface area contributed by atoms with Gasteiger partial charge < -0.3 is 23.7 Å². The van der Waals surface area contributed by atoms with Crippen LogP contribution in [-0.2, 0) is 28.1 Å². The largest absolute Gasteiger partial charge is 0.509 e. The molecule has 5 aromatic carbocycles. The van der Waals surface area contributed by atoms with Crippen molar-refractivity contribution in [3.05, 3.63) is 152 Å². The van der Waals surface area contributed by atoms with Gasteiger partial charge in [-0.05, 0) is 36.3 Å². The zero-order valence-electron chi connectivity index (χ0n) is 25.7. The van der Waals surface area contributed by atoms with Crippen LogP contribution in [0.5, 0.6) is 11.5 Å². The van der Waals surface area contributed by atoms with Crippen molar-refractivity contribution in [2.75, 3.05) is 11.9 Å². The molecule has 0 saturated carbocycles. The van der Waals surface area contributed by atoms with Gasteiger partial charge in [0.15, 0.2) is 0 Å². The van der Waals surface area contributed by atoms with E-state index in [1.807, 2.05) is 43.2 Å². The van der Waals surface area contributed by atoms with E-state index in [1.54, 1.807) is 0 Å². The van der Waals surface area contributed by atoms with Gasteiger partial charge in [-0.15, -0.1) is 41.4 Å². The fourth-order valence-electron chi connectivity index (χ4n) is 6.63. The van der Waals surface area contributed by atoms with Gasteiger partial charge >= 0.3 is 0 Å². The normalized spacial score (nSPS) is 13.1. The third kappa shape index (κ3) is 4.79. The van der Waals surface area contributed by atoms with Crippen molar-refractivity contribution in [1.29, 1.82) is 0 Å². The number of ether oxygens (including phenoxy) is 1. The summed E-state index contributed by atoms with van der Waals surface area (Å²) in [6.07, 6.45) is 4.10. The summed E-state index contributed by atoms with van der Waals surface area (Å²) in [7, 11) is 4.16. The molecule has 1 aliphatic rings. The average molecular weight is 790 g/mol. The number of hydrogen-bond acceptors (Lipinski definition) is 4. The van der Waals surface area contributed by atoms with Crippen LogP contribution in [0.2, 0.25) is 0 Å². The Morgan fingerprint density at radius 3 is 2.21 bits per heavy atom. The van der Waals surface area contributed by atoms with Crippen LogP contribution in [0, 0.1) is 18.8 Å². The number of hydrogen-bond donors (Lipinski definition) is 0. The fraction of sp³-hybridized carbons (Fsp3) is 0.0500. The molecule has 0 N–H and O–H groups in total. The molecule has 0 unspecified atom stereocenters. The zero-order chi connectivity index (χ0) is 30.8.